The third-order valence-corrected chi connectivity index (χ3v) is 14.1. The van der Waals surface area contributed by atoms with Crippen molar-refractivity contribution < 1.29 is 24.2 Å². The number of hydrogen-bond donors (Lipinski definition) is 3. The first kappa shape index (κ1) is 48.6. The largest absolute Gasteiger partial charge is 0.471 e. The number of nitrogens with one attached hydrogen (secondary N) is 2. The zero-order valence-corrected chi connectivity index (χ0v) is 41.4. The van der Waals surface area contributed by atoms with Crippen LogP contribution in [-0.2, 0) is 16.1 Å². The van der Waals surface area contributed by atoms with Gasteiger partial charge in [-0.3, -0.25) is 23.7 Å². The smallest absolute Gasteiger partial charge is 0.253 e. The minimum Gasteiger partial charge on any atom is -0.471 e. The van der Waals surface area contributed by atoms with Crippen molar-refractivity contribution in [3.63, 3.8) is 0 Å². The molecule has 2 aliphatic heterocycles. The number of aromatic nitrogens is 7. The van der Waals surface area contributed by atoms with E-state index in [2.05, 4.69) is 46.8 Å². The second-order valence-corrected chi connectivity index (χ2v) is 19.7. The first-order valence-corrected chi connectivity index (χ1v) is 24.7. The standard InChI is InChI=1S/C52H53ClN12O5S/c1-30(2)48(52(69)64-26-41(66)20-45(64)51(68)60-32(4)34-6-8-35(9-7-34)49-33(5)57-29-71-49)65-25-40(23-58-65)36-14-16-55-47(19-36)70-42-27-62(28-42)46-13-12-39(22-56-46)50(67)59-31(3)24-63-17-15-44(61-63)37-10-11-38(21-54)43(53)18-37/h6-19,22-23,25,29-32,41-42,45,48,66H,20,24,26-28H2,1-5H3,(H,59,67)(H,60,68)/t31-,32-,41+,45?,48-/m0/s1. The van der Waals surface area contributed by atoms with Gasteiger partial charge >= 0.3 is 0 Å². The van der Waals surface area contributed by atoms with Crippen molar-refractivity contribution >= 4 is 46.5 Å². The van der Waals surface area contributed by atoms with Crippen LogP contribution in [0.1, 0.15) is 73.4 Å². The van der Waals surface area contributed by atoms with E-state index in [1.807, 2.05) is 101 Å². The number of pyridine rings is 2. The fourth-order valence-electron chi connectivity index (χ4n) is 8.96. The Morgan fingerprint density at radius 2 is 1.70 bits per heavy atom. The number of anilines is 1. The molecule has 1 unspecified atom stereocenters. The monoisotopic (exact) mass is 992 g/mol. The van der Waals surface area contributed by atoms with Crippen LogP contribution in [-0.4, -0.2) is 106 Å². The van der Waals surface area contributed by atoms with Gasteiger partial charge in [-0.25, -0.2) is 15.0 Å². The van der Waals surface area contributed by atoms with E-state index in [9.17, 15) is 19.5 Å². The Hall–Kier alpha value is -7.46. The Balaban J connectivity index is 0.763. The summed E-state index contributed by atoms with van der Waals surface area (Å²) in [4.78, 5) is 59.3. The zero-order valence-electron chi connectivity index (χ0n) is 39.8. The number of thiazole rings is 1. The average molecular weight is 994 g/mol. The number of likely N-dealkylation sites (tertiary alicyclic amines) is 1. The average Bonchev–Trinajstić information content (AvgIpc) is 4.19. The van der Waals surface area contributed by atoms with E-state index in [0.717, 1.165) is 44.2 Å². The van der Waals surface area contributed by atoms with Crippen molar-refractivity contribution in [2.75, 3.05) is 24.5 Å². The van der Waals surface area contributed by atoms with Gasteiger partial charge in [0.2, 0.25) is 17.7 Å². The van der Waals surface area contributed by atoms with Gasteiger partial charge in [0.1, 0.15) is 30.1 Å². The van der Waals surface area contributed by atoms with E-state index in [-0.39, 0.29) is 54.8 Å². The Bertz CT molecular complexity index is 3090. The van der Waals surface area contributed by atoms with Crippen LogP contribution in [0.25, 0.3) is 32.8 Å². The van der Waals surface area contributed by atoms with E-state index in [1.54, 1.807) is 63.6 Å². The van der Waals surface area contributed by atoms with E-state index >= 15 is 0 Å². The van der Waals surface area contributed by atoms with Crippen LogP contribution >= 0.6 is 22.9 Å². The van der Waals surface area contributed by atoms with Crippen LogP contribution in [0.5, 0.6) is 5.88 Å². The van der Waals surface area contributed by atoms with Crippen molar-refractivity contribution in [2.45, 2.75) is 84.0 Å². The number of carbonyl (C=O) groups excluding carboxylic acids is 3. The maximum Gasteiger partial charge on any atom is 0.253 e. The molecule has 3 N–H and O–H groups in total. The summed E-state index contributed by atoms with van der Waals surface area (Å²) in [5, 5.41) is 35.6. The van der Waals surface area contributed by atoms with Crippen LogP contribution < -0.4 is 20.3 Å². The molecule has 0 radical (unpaired) electrons. The molecule has 17 nitrogen and oxygen atoms in total. The fraction of sp³-hybridized carbons (Fsp3) is 0.327. The molecule has 5 atom stereocenters. The third-order valence-electron chi connectivity index (χ3n) is 12.8. The number of aliphatic hydroxyl groups excluding tert-OH is 1. The van der Waals surface area contributed by atoms with Crippen LogP contribution in [0, 0.1) is 24.2 Å². The highest BCUT2D eigenvalue weighted by atomic mass is 35.5. The summed E-state index contributed by atoms with van der Waals surface area (Å²) in [5.74, 6) is 0.123. The van der Waals surface area contributed by atoms with Crippen molar-refractivity contribution in [3.8, 4) is 44.8 Å². The SMILES string of the molecule is Cc1ncsc1-c1ccc([C@H](C)NC(=O)C2C[C@@H](O)CN2C(=O)[C@H](C(C)C)n2cc(-c3ccnc(OC4CN(c5ccc(C(=O)N[C@@H](C)Cn6ccc(-c7ccc(C#N)c(Cl)c7)n6)cn5)C4)c3)cn2)cc1. The van der Waals surface area contributed by atoms with E-state index in [4.69, 9.17) is 21.6 Å². The topological polar surface area (TPSA) is 209 Å². The third kappa shape index (κ3) is 10.8. The van der Waals surface area contributed by atoms with Gasteiger partial charge in [0, 0.05) is 61.0 Å². The lowest BCUT2D eigenvalue weighted by molar-refractivity contribution is -0.142. The Kier molecular flexibility index (Phi) is 14.3. The maximum absolute atomic E-state index is 14.4. The number of halogens is 1. The van der Waals surface area contributed by atoms with Crippen LogP contribution in [0.3, 0.4) is 0 Å². The summed E-state index contributed by atoms with van der Waals surface area (Å²) in [6, 6.07) is 22.3. The Morgan fingerprint density at radius 1 is 0.915 bits per heavy atom. The van der Waals surface area contributed by atoms with Crippen LogP contribution in [0.15, 0.2) is 109 Å². The molecule has 2 fully saturated rings. The molecule has 7 heterocycles. The number of hydrogen-bond acceptors (Lipinski definition) is 13. The molecule has 364 valence electrons. The number of amides is 3. The molecule has 0 spiro atoms. The lowest BCUT2D eigenvalue weighted by atomic mass is 10.0. The molecule has 2 aliphatic rings. The van der Waals surface area contributed by atoms with Gasteiger partial charge in [0.25, 0.3) is 5.91 Å². The highest BCUT2D eigenvalue weighted by Gasteiger charge is 2.43. The molecule has 0 bridgehead atoms. The molecular weight excluding hydrogens is 940 g/mol. The van der Waals surface area contributed by atoms with E-state index < -0.39 is 18.2 Å². The molecular formula is C52H53ClN12O5S. The number of nitriles is 1. The molecule has 19 heteroatoms. The fourth-order valence-corrected chi connectivity index (χ4v) is 10.00. The number of β-amino-alcohol motifs (C(OH)–C–C–N with tert-alkyl or cyclic N) is 1. The maximum atomic E-state index is 14.4. The molecule has 5 aromatic heterocycles. The molecule has 2 saturated heterocycles. The molecule has 0 saturated carbocycles. The molecule has 7 aromatic rings. The second-order valence-electron chi connectivity index (χ2n) is 18.4. The zero-order chi connectivity index (χ0) is 49.9. The number of aliphatic hydroxyl groups is 1. The van der Waals surface area contributed by atoms with Gasteiger partial charge in [-0.15, -0.1) is 11.3 Å². The Labute approximate surface area is 420 Å². The Morgan fingerprint density at radius 3 is 2.41 bits per heavy atom. The van der Waals surface area contributed by atoms with Crippen molar-refractivity contribution in [1.82, 2.24) is 50.0 Å². The number of nitrogens with zero attached hydrogens (tertiary/aromatic N) is 10. The predicted octanol–water partition coefficient (Wildman–Crippen LogP) is 7.28. The van der Waals surface area contributed by atoms with Gasteiger partial charge < -0.3 is 30.3 Å². The summed E-state index contributed by atoms with van der Waals surface area (Å²) >= 11 is 7.79. The predicted molar refractivity (Wildman–Crippen MR) is 269 cm³/mol. The molecule has 9 rings (SSSR count). The number of ether oxygens (including phenoxy) is 1. The summed E-state index contributed by atoms with van der Waals surface area (Å²) in [7, 11) is 0. The minimum absolute atomic E-state index is 0.0455. The molecule has 2 aromatic carbocycles. The van der Waals surface area contributed by atoms with E-state index in [0.29, 0.717) is 47.4 Å². The normalized spacial score (nSPS) is 17.1. The first-order chi connectivity index (χ1) is 34.2. The second kappa shape index (κ2) is 20.9. The van der Waals surface area contributed by atoms with Gasteiger partial charge in [-0.05, 0) is 79.8 Å². The van der Waals surface area contributed by atoms with E-state index in [1.165, 1.54) is 4.90 Å². The van der Waals surface area contributed by atoms with Gasteiger partial charge in [0.05, 0.1) is 75.9 Å². The summed E-state index contributed by atoms with van der Waals surface area (Å²) in [6.45, 7) is 11.3. The van der Waals surface area contributed by atoms with Gasteiger partial charge in [0.15, 0.2) is 0 Å². The first-order valence-electron chi connectivity index (χ1n) is 23.4. The summed E-state index contributed by atoms with van der Waals surface area (Å²) < 4.78 is 9.65. The van der Waals surface area contributed by atoms with Crippen LogP contribution in [0.4, 0.5) is 5.82 Å². The number of rotatable bonds is 16. The molecule has 71 heavy (non-hydrogen) atoms. The lowest BCUT2D eigenvalue weighted by Gasteiger charge is -2.39. The quantitative estimate of drug-likeness (QED) is 0.0873. The molecule has 3 amide bonds. The minimum atomic E-state index is -0.840. The van der Waals surface area contributed by atoms with Crippen molar-refractivity contribution in [2.24, 2.45) is 5.92 Å². The van der Waals surface area contributed by atoms with Crippen LogP contribution in [0.2, 0.25) is 5.02 Å². The highest BCUT2D eigenvalue weighted by Crippen LogP contribution is 2.32. The summed E-state index contributed by atoms with van der Waals surface area (Å²) in [6.07, 6.45) is 7.73. The number of carbonyl (C=O) groups is 3. The summed E-state index contributed by atoms with van der Waals surface area (Å²) in [5.41, 5.74) is 8.68. The number of benzene rings is 2. The lowest BCUT2D eigenvalue weighted by Crippen LogP contribution is -2.54. The highest BCUT2D eigenvalue weighted by molar-refractivity contribution is 7.13. The number of aryl methyl sites for hydroxylation is 1. The van der Waals surface area contributed by atoms with Gasteiger partial charge in [-0.1, -0.05) is 55.8 Å². The van der Waals surface area contributed by atoms with Gasteiger partial charge in [-0.2, -0.15) is 15.5 Å². The van der Waals surface area contributed by atoms with Crippen molar-refractivity contribution in [3.05, 3.63) is 137 Å². The van der Waals surface area contributed by atoms with Crippen molar-refractivity contribution in [1.29, 1.82) is 5.26 Å². The molecule has 0 aliphatic carbocycles.